The topological polar surface area (TPSA) is 49.3 Å². The van der Waals surface area contributed by atoms with Crippen molar-refractivity contribution < 1.29 is 17.5 Å². The number of hydrogen-bond donors (Lipinski definition) is 2. The highest BCUT2D eigenvalue weighted by Gasteiger charge is 2.33. The normalized spacial score (nSPS) is 20.7. The number of rotatable bonds is 5. The molecule has 0 saturated carbocycles. The van der Waals surface area contributed by atoms with Crippen LogP contribution in [0.1, 0.15) is 23.6 Å². The molecule has 0 bridgehead atoms. The molecular weight excluding hydrogens is 260 g/mol. The summed E-state index contributed by atoms with van der Waals surface area (Å²) in [4.78, 5) is 0. The molecule has 1 aromatic rings. The Kier molecular flexibility index (Phi) is 4.09. The summed E-state index contributed by atoms with van der Waals surface area (Å²) < 4.78 is 45.5. The molecule has 3 nitrogen and oxygen atoms in total. The van der Waals surface area contributed by atoms with E-state index in [0.29, 0.717) is 0 Å². The number of hydrogen-bond acceptors (Lipinski definition) is 2. The fraction of sp³-hybridized carbons (Fsp3) is 0.500. The molecule has 0 saturated heterocycles. The maximum atomic E-state index is 13.3. The van der Waals surface area contributed by atoms with E-state index in [9.17, 15) is 13.0 Å². The van der Waals surface area contributed by atoms with Crippen LogP contribution in [0.5, 0.6) is 0 Å². The van der Waals surface area contributed by atoms with Crippen LogP contribution in [0.25, 0.3) is 0 Å². The number of fused-ring (bicyclic) bond motifs is 1. The lowest BCUT2D eigenvalue weighted by atomic mass is 10.1. The minimum atomic E-state index is -3.16. The number of halogens is 2. The molecule has 6 heteroatoms. The SMILES string of the molecule is O=S(O)CC(F)(F)CN[C@@H]1CCc2ccccc21. The maximum Gasteiger partial charge on any atom is 0.273 e. The molecule has 0 radical (unpaired) electrons. The van der Waals surface area contributed by atoms with Gasteiger partial charge in [0.15, 0.2) is 11.1 Å². The highest BCUT2D eigenvalue weighted by atomic mass is 32.2. The monoisotopic (exact) mass is 275 g/mol. The number of benzene rings is 1. The first kappa shape index (κ1) is 13.6. The molecular formula is C12H15F2NO2S. The Morgan fingerprint density at radius 2 is 2.17 bits per heavy atom. The summed E-state index contributed by atoms with van der Waals surface area (Å²) in [6, 6.07) is 7.67. The van der Waals surface area contributed by atoms with E-state index in [4.69, 9.17) is 4.55 Å². The van der Waals surface area contributed by atoms with E-state index in [-0.39, 0.29) is 6.04 Å². The second kappa shape index (κ2) is 5.42. The molecule has 1 aliphatic rings. The largest absolute Gasteiger partial charge is 0.306 e. The van der Waals surface area contributed by atoms with E-state index in [1.54, 1.807) is 0 Å². The summed E-state index contributed by atoms with van der Waals surface area (Å²) in [7, 11) is 0. The zero-order valence-corrected chi connectivity index (χ0v) is 10.6. The molecule has 2 N–H and O–H groups in total. The standard InChI is InChI=1S/C12H15F2NO2S/c13-12(14,8-18(16)17)7-15-11-6-5-9-3-1-2-4-10(9)11/h1-4,11,15H,5-8H2,(H,16,17)/t11-/m1/s1. The lowest BCUT2D eigenvalue weighted by Gasteiger charge is -2.19. The molecule has 1 aliphatic carbocycles. The average molecular weight is 275 g/mol. The third-order valence-corrected chi connectivity index (χ3v) is 3.74. The van der Waals surface area contributed by atoms with E-state index < -0.39 is 29.3 Å². The van der Waals surface area contributed by atoms with Crippen LogP contribution in [0.2, 0.25) is 0 Å². The molecule has 1 aromatic carbocycles. The van der Waals surface area contributed by atoms with E-state index >= 15 is 0 Å². The van der Waals surface area contributed by atoms with Gasteiger partial charge in [0.2, 0.25) is 0 Å². The third kappa shape index (κ3) is 3.34. The van der Waals surface area contributed by atoms with E-state index in [0.717, 1.165) is 18.4 Å². The lowest BCUT2D eigenvalue weighted by Crippen LogP contribution is -2.38. The Bertz CT molecular complexity index is 453. The second-order valence-electron chi connectivity index (χ2n) is 4.49. The van der Waals surface area contributed by atoms with Gasteiger partial charge in [0, 0.05) is 6.04 Å². The van der Waals surface area contributed by atoms with Crippen molar-refractivity contribution in [3.8, 4) is 0 Å². The Balaban J connectivity index is 1.94. The first-order chi connectivity index (χ1) is 8.48. The predicted molar refractivity (Wildman–Crippen MR) is 66.1 cm³/mol. The zero-order chi connectivity index (χ0) is 13.2. The van der Waals surface area contributed by atoms with Crippen molar-refractivity contribution in [2.75, 3.05) is 12.3 Å². The van der Waals surface area contributed by atoms with Gasteiger partial charge in [-0.15, -0.1) is 0 Å². The summed E-state index contributed by atoms with van der Waals surface area (Å²) in [5.74, 6) is -4.18. The van der Waals surface area contributed by atoms with Crippen LogP contribution < -0.4 is 5.32 Å². The Labute approximate surface area is 107 Å². The van der Waals surface area contributed by atoms with Crippen molar-refractivity contribution in [3.05, 3.63) is 35.4 Å². The van der Waals surface area contributed by atoms with E-state index in [2.05, 4.69) is 5.32 Å². The van der Waals surface area contributed by atoms with Crippen LogP contribution in [0, 0.1) is 0 Å². The van der Waals surface area contributed by atoms with Crippen molar-refractivity contribution in [1.29, 1.82) is 0 Å². The summed E-state index contributed by atoms with van der Waals surface area (Å²) in [5, 5.41) is 2.79. The molecule has 0 spiro atoms. The quantitative estimate of drug-likeness (QED) is 0.809. The molecule has 0 amide bonds. The van der Waals surface area contributed by atoms with Crippen LogP contribution in [-0.4, -0.2) is 27.0 Å². The van der Waals surface area contributed by atoms with Gasteiger partial charge in [0.05, 0.1) is 6.54 Å². The van der Waals surface area contributed by atoms with Gasteiger partial charge in [-0.3, -0.25) is 0 Å². The molecule has 0 aromatic heterocycles. The van der Waals surface area contributed by atoms with Gasteiger partial charge in [0.25, 0.3) is 5.92 Å². The summed E-state index contributed by atoms with van der Waals surface area (Å²) in [6.07, 6.45) is 1.67. The lowest BCUT2D eigenvalue weighted by molar-refractivity contribution is 0.0232. The minimum absolute atomic E-state index is 0.0841. The van der Waals surface area contributed by atoms with Gasteiger partial charge in [-0.05, 0) is 24.0 Å². The van der Waals surface area contributed by atoms with Crippen molar-refractivity contribution >= 4 is 11.1 Å². The van der Waals surface area contributed by atoms with Crippen LogP contribution in [-0.2, 0) is 17.5 Å². The van der Waals surface area contributed by atoms with Crippen LogP contribution in [0.3, 0.4) is 0 Å². The summed E-state index contributed by atoms with van der Waals surface area (Å²) >= 11 is -2.47. The van der Waals surface area contributed by atoms with E-state index in [1.165, 1.54) is 5.56 Å². The van der Waals surface area contributed by atoms with Gasteiger partial charge >= 0.3 is 0 Å². The van der Waals surface area contributed by atoms with Gasteiger partial charge in [-0.1, -0.05) is 24.3 Å². The molecule has 0 aliphatic heterocycles. The number of alkyl halides is 2. The Morgan fingerprint density at radius 1 is 1.44 bits per heavy atom. The molecule has 100 valence electrons. The number of nitrogens with one attached hydrogen (secondary N) is 1. The average Bonchev–Trinajstić information content (AvgIpc) is 2.68. The van der Waals surface area contributed by atoms with Crippen molar-refractivity contribution in [2.45, 2.75) is 24.8 Å². The first-order valence-corrected chi connectivity index (χ1v) is 7.02. The Hall–Kier alpha value is -0.850. The summed E-state index contributed by atoms with van der Waals surface area (Å²) in [6.45, 7) is -0.571. The van der Waals surface area contributed by atoms with Crippen LogP contribution in [0.4, 0.5) is 8.78 Å². The molecule has 2 rings (SSSR count). The maximum absolute atomic E-state index is 13.3. The smallest absolute Gasteiger partial charge is 0.273 e. The second-order valence-corrected chi connectivity index (χ2v) is 5.42. The van der Waals surface area contributed by atoms with Crippen molar-refractivity contribution in [3.63, 3.8) is 0 Å². The molecule has 0 fully saturated rings. The van der Waals surface area contributed by atoms with E-state index in [1.807, 2.05) is 24.3 Å². The fourth-order valence-electron chi connectivity index (χ4n) is 2.27. The van der Waals surface area contributed by atoms with Crippen molar-refractivity contribution in [2.24, 2.45) is 0 Å². The third-order valence-electron chi connectivity index (χ3n) is 3.07. The molecule has 18 heavy (non-hydrogen) atoms. The summed E-state index contributed by atoms with van der Waals surface area (Å²) in [5.41, 5.74) is 2.24. The van der Waals surface area contributed by atoms with Gasteiger partial charge in [-0.2, -0.15) is 0 Å². The molecule has 0 heterocycles. The molecule has 2 atom stereocenters. The highest BCUT2D eigenvalue weighted by molar-refractivity contribution is 7.79. The number of aryl methyl sites for hydroxylation is 1. The van der Waals surface area contributed by atoms with Crippen LogP contribution in [0.15, 0.2) is 24.3 Å². The highest BCUT2D eigenvalue weighted by Crippen LogP contribution is 2.31. The zero-order valence-electron chi connectivity index (χ0n) is 9.73. The van der Waals surface area contributed by atoms with Crippen LogP contribution >= 0.6 is 0 Å². The fourth-order valence-corrected chi connectivity index (χ4v) is 2.74. The van der Waals surface area contributed by atoms with Crippen molar-refractivity contribution in [1.82, 2.24) is 5.32 Å². The minimum Gasteiger partial charge on any atom is -0.306 e. The first-order valence-electron chi connectivity index (χ1n) is 5.74. The van der Waals surface area contributed by atoms with Gasteiger partial charge < -0.3 is 9.87 Å². The molecule has 1 unspecified atom stereocenters. The van der Waals surface area contributed by atoms with Gasteiger partial charge in [-0.25, -0.2) is 13.0 Å². The predicted octanol–water partition coefficient (Wildman–Crippen LogP) is 2.12. The van der Waals surface area contributed by atoms with Gasteiger partial charge in [0.1, 0.15) is 5.75 Å². The Morgan fingerprint density at radius 3 is 2.89 bits per heavy atom.